The highest BCUT2D eigenvalue weighted by atomic mass is 35.5. The second-order valence-electron chi connectivity index (χ2n) is 8.00. The molecule has 1 amide bonds. The number of amides is 1. The number of benzene rings is 2. The van der Waals surface area contributed by atoms with Gasteiger partial charge in [0.2, 0.25) is 5.91 Å². The summed E-state index contributed by atoms with van der Waals surface area (Å²) in [5, 5.41) is 0.620. The second kappa shape index (κ2) is 11.6. The monoisotopic (exact) mass is 462 g/mol. The van der Waals surface area contributed by atoms with Crippen LogP contribution in [0.1, 0.15) is 29.5 Å². The van der Waals surface area contributed by atoms with E-state index < -0.39 is 0 Å². The fourth-order valence-electron chi connectivity index (χ4n) is 3.70. The van der Waals surface area contributed by atoms with E-state index in [0.717, 1.165) is 41.9 Å². The first-order chi connectivity index (χ1) is 16.2. The Balaban J connectivity index is 1.41. The molecule has 33 heavy (non-hydrogen) atoms. The number of hydrogen-bond acceptors (Lipinski definition) is 4. The molecule has 5 nitrogen and oxygen atoms in total. The van der Waals surface area contributed by atoms with Gasteiger partial charge >= 0.3 is 0 Å². The van der Waals surface area contributed by atoms with E-state index in [1.165, 1.54) is 0 Å². The lowest BCUT2D eigenvalue weighted by Gasteiger charge is -2.24. The average Bonchev–Trinajstić information content (AvgIpc) is 3.36. The van der Waals surface area contributed by atoms with Gasteiger partial charge in [-0.3, -0.25) is 9.78 Å². The molecule has 1 aliphatic heterocycles. The van der Waals surface area contributed by atoms with Gasteiger partial charge in [-0.15, -0.1) is 0 Å². The van der Waals surface area contributed by atoms with Crippen LogP contribution in [0.3, 0.4) is 0 Å². The van der Waals surface area contributed by atoms with Crippen LogP contribution in [-0.4, -0.2) is 35.0 Å². The molecule has 1 fully saturated rings. The fourth-order valence-corrected chi connectivity index (χ4v) is 3.90. The maximum atomic E-state index is 13.1. The third-order valence-corrected chi connectivity index (χ3v) is 5.84. The Labute approximate surface area is 199 Å². The van der Waals surface area contributed by atoms with Crippen LogP contribution < -0.4 is 4.74 Å². The van der Waals surface area contributed by atoms with Crippen molar-refractivity contribution in [3.05, 3.63) is 101 Å². The first-order valence-electron chi connectivity index (χ1n) is 11.1. The summed E-state index contributed by atoms with van der Waals surface area (Å²) >= 11 is 6.22. The first kappa shape index (κ1) is 23.0. The van der Waals surface area contributed by atoms with Crippen LogP contribution in [0.4, 0.5) is 0 Å². The van der Waals surface area contributed by atoms with Crippen molar-refractivity contribution in [2.45, 2.75) is 32.1 Å². The second-order valence-corrected chi connectivity index (χ2v) is 8.41. The van der Waals surface area contributed by atoms with Crippen molar-refractivity contribution in [1.82, 2.24) is 9.88 Å². The molecule has 1 saturated heterocycles. The Morgan fingerprint density at radius 3 is 2.70 bits per heavy atom. The van der Waals surface area contributed by atoms with E-state index in [1.54, 1.807) is 24.5 Å². The zero-order valence-corrected chi connectivity index (χ0v) is 19.2. The number of halogens is 1. The lowest BCUT2D eigenvalue weighted by Crippen LogP contribution is -2.35. The largest absolute Gasteiger partial charge is 0.489 e. The summed E-state index contributed by atoms with van der Waals surface area (Å²) in [6, 6.07) is 19.2. The predicted molar refractivity (Wildman–Crippen MR) is 130 cm³/mol. The van der Waals surface area contributed by atoms with Crippen molar-refractivity contribution in [1.29, 1.82) is 0 Å². The summed E-state index contributed by atoms with van der Waals surface area (Å²) in [7, 11) is 0. The number of rotatable bonds is 9. The van der Waals surface area contributed by atoms with Crippen molar-refractivity contribution >= 4 is 23.6 Å². The van der Waals surface area contributed by atoms with E-state index in [2.05, 4.69) is 4.98 Å². The Kier molecular flexibility index (Phi) is 8.12. The quantitative estimate of drug-likeness (QED) is 0.392. The molecule has 0 unspecified atom stereocenters. The molecule has 0 aliphatic carbocycles. The first-order valence-corrected chi connectivity index (χ1v) is 11.5. The van der Waals surface area contributed by atoms with Crippen molar-refractivity contribution in [3.8, 4) is 5.75 Å². The van der Waals surface area contributed by atoms with Gasteiger partial charge in [-0.25, -0.2) is 0 Å². The molecule has 0 saturated carbocycles. The van der Waals surface area contributed by atoms with Gasteiger partial charge in [0.1, 0.15) is 12.4 Å². The summed E-state index contributed by atoms with van der Waals surface area (Å²) in [6.45, 7) is 2.27. The molecule has 3 aromatic rings. The van der Waals surface area contributed by atoms with Gasteiger partial charge in [-0.2, -0.15) is 0 Å². The average molecular weight is 463 g/mol. The Morgan fingerprint density at radius 1 is 1.12 bits per heavy atom. The van der Waals surface area contributed by atoms with E-state index >= 15 is 0 Å². The molecule has 1 aliphatic rings. The van der Waals surface area contributed by atoms with Gasteiger partial charge in [0.15, 0.2) is 0 Å². The van der Waals surface area contributed by atoms with Gasteiger partial charge in [-0.1, -0.05) is 48.0 Å². The molecule has 0 N–H and O–H groups in total. The highest BCUT2D eigenvalue weighted by Gasteiger charge is 2.21. The molecule has 0 spiro atoms. The van der Waals surface area contributed by atoms with E-state index in [-0.39, 0.29) is 12.0 Å². The zero-order valence-electron chi connectivity index (χ0n) is 18.4. The normalized spacial score (nSPS) is 15.6. The molecule has 2 heterocycles. The number of ether oxygens (including phenoxy) is 2. The van der Waals surface area contributed by atoms with Gasteiger partial charge in [0, 0.05) is 48.8 Å². The summed E-state index contributed by atoms with van der Waals surface area (Å²) in [6.07, 6.45) is 8.96. The summed E-state index contributed by atoms with van der Waals surface area (Å²) in [5.41, 5.74) is 2.86. The van der Waals surface area contributed by atoms with Crippen LogP contribution >= 0.6 is 11.6 Å². The van der Waals surface area contributed by atoms with Crippen molar-refractivity contribution < 1.29 is 14.3 Å². The van der Waals surface area contributed by atoms with E-state index in [0.29, 0.717) is 24.7 Å². The lowest BCUT2D eigenvalue weighted by molar-refractivity contribution is -0.128. The Morgan fingerprint density at radius 2 is 1.97 bits per heavy atom. The lowest BCUT2D eigenvalue weighted by atomic mass is 10.1. The van der Waals surface area contributed by atoms with Gasteiger partial charge in [0.05, 0.1) is 6.10 Å². The number of hydrogen-bond donors (Lipinski definition) is 0. The molecule has 0 bridgehead atoms. The van der Waals surface area contributed by atoms with Crippen LogP contribution in [0.25, 0.3) is 6.08 Å². The highest BCUT2D eigenvalue weighted by Crippen LogP contribution is 2.20. The van der Waals surface area contributed by atoms with Gasteiger partial charge in [0.25, 0.3) is 0 Å². The molecule has 6 heteroatoms. The minimum atomic E-state index is -0.0673. The third kappa shape index (κ3) is 6.91. The van der Waals surface area contributed by atoms with Crippen molar-refractivity contribution in [3.63, 3.8) is 0 Å². The molecule has 2 aromatic carbocycles. The molecule has 170 valence electrons. The summed E-state index contributed by atoms with van der Waals surface area (Å²) < 4.78 is 11.6. The van der Waals surface area contributed by atoms with Gasteiger partial charge in [-0.05, 0) is 54.3 Å². The van der Waals surface area contributed by atoms with E-state index in [1.807, 2.05) is 65.6 Å². The predicted octanol–water partition coefficient (Wildman–Crippen LogP) is 5.54. The minimum Gasteiger partial charge on any atom is -0.489 e. The van der Waals surface area contributed by atoms with E-state index in [9.17, 15) is 4.79 Å². The van der Waals surface area contributed by atoms with Crippen LogP contribution in [0.15, 0.2) is 79.1 Å². The number of carbonyl (C=O) groups is 1. The number of pyridine rings is 1. The number of carbonyl (C=O) groups excluding carboxylic acids is 1. The van der Waals surface area contributed by atoms with E-state index in [4.69, 9.17) is 21.1 Å². The Hall–Kier alpha value is -3.15. The number of aromatic nitrogens is 1. The highest BCUT2D eigenvalue weighted by molar-refractivity contribution is 6.32. The molecular formula is C27H27ClN2O3. The fraction of sp³-hybridized carbons (Fsp3) is 0.259. The van der Waals surface area contributed by atoms with Crippen LogP contribution in [0, 0.1) is 0 Å². The summed E-state index contributed by atoms with van der Waals surface area (Å²) in [4.78, 5) is 19.0. The molecule has 1 aromatic heterocycles. The third-order valence-electron chi connectivity index (χ3n) is 5.50. The smallest absolute Gasteiger partial charge is 0.246 e. The maximum Gasteiger partial charge on any atom is 0.246 e. The van der Waals surface area contributed by atoms with Crippen LogP contribution in [0.2, 0.25) is 5.02 Å². The van der Waals surface area contributed by atoms with Gasteiger partial charge < -0.3 is 14.4 Å². The van der Waals surface area contributed by atoms with Crippen molar-refractivity contribution in [2.24, 2.45) is 0 Å². The number of nitrogens with zero attached hydrogens (tertiary/aromatic N) is 2. The molecule has 0 radical (unpaired) electrons. The SMILES string of the molecule is O=C(/C=C/c1ccccc1Cl)N(Cc1ccc(OCc2cccnc2)cc1)C[C@@H]1CCCO1. The topological polar surface area (TPSA) is 51.7 Å². The van der Waals surface area contributed by atoms with Crippen molar-refractivity contribution in [2.75, 3.05) is 13.2 Å². The molecular weight excluding hydrogens is 436 g/mol. The summed E-state index contributed by atoms with van der Waals surface area (Å²) in [5.74, 6) is 0.709. The minimum absolute atomic E-state index is 0.0673. The Bertz CT molecular complexity index is 1060. The standard InChI is InChI=1S/C27H27ClN2O3/c28-26-8-2-1-6-23(26)11-14-27(31)30(19-25-7-4-16-32-25)18-21-9-12-24(13-10-21)33-20-22-5-3-15-29-17-22/h1-3,5-6,8-15,17,25H,4,7,16,18-20H2/b14-11+/t25-/m0/s1. The van der Waals surface area contributed by atoms with Crippen LogP contribution in [-0.2, 0) is 22.7 Å². The zero-order chi connectivity index (χ0) is 22.9. The van der Waals surface area contributed by atoms with Crippen LogP contribution in [0.5, 0.6) is 5.75 Å². The maximum absolute atomic E-state index is 13.1. The molecule has 1 atom stereocenters. The molecule has 4 rings (SSSR count).